The summed E-state index contributed by atoms with van der Waals surface area (Å²) in [5.74, 6) is 0.768. The van der Waals surface area contributed by atoms with Crippen LogP contribution in [-0.4, -0.2) is 18.0 Å². The van der Waals surface area contributed by atoms with Gasteiger partial charge in [0.25, 0.3) is 0 Å². The number of benzene rings is 3. The maximum Gasteiger partial charge on any atom is 0.321 e. The highest BCUT2D eigenvalue weighted by Gasteiger charge is 2.09. The normalized spacial score (nSPS) is 10.2. The maximum absolute atomic E-state index is 12.3. The molecule has 4 heteroatoms. The van der Waals surface area contributed by atoms with Crippen LogP contribution in [0.25, 0.3) is 0 Å². The minimum Gasteiger partial charge on any atom is -0.489 e. The number of anilines is 1. The van der Waals surface area contributed by atoms with Gasteiger partial charge in [-0.05, 0) is 35.4 Å². The van der Waals surface area contributed by atoms with Gasteiger partial charge in [-0.15, -0.1) is 0 Å². The standard InChI is InChI=1S/C22H22N2O2/c1-24(16-18-8-4-2-5-9-18)22(25)23-20-12-14-21(15-13-20)26-17-19-10-6-3-7-11-19/h2-15H,16-17H2,1H3,(H,23,25). The summed E-state index contributed by atoms with van der Waals surface area (Å²) >= 11 is 0. The first kappa shape index (κ1) is 17.5. The van der Waals surface area contributed by atoms with Crippen LogP contribution in [0.15, 0.2) is 84.9 Å². The van der Waals surface area contributed by atoms with E-state index in [0.717, 1.165) is 22.6 Å². The Kier molecular flexibility index (Phi) is 5.88. The Hall–Kier alpha value is -3.27. The van der Waals surface area contributed by atoms with E-state index in [4.69, 9.17) is 4.74 Å². The molecule has 0 heterocycles. The monoisotopic (exact) mass is 346 g/mol. The fraction of sp³-hybridized carbons (Fsp3) is 0.136. The van der Waals surface area contributed by atoms with Crippen molar-refractivity contribution in [3.63, 3.8) is 0 Å². The quantitative estimate of drug-likeness (QED) is 0.687. The number of ether oxygens (including phenoxy) is 1. The largest absolute Gasteiger partial charge is 0.489 e. The molecule has 0 aliphatic rings. The lowest BCUT2D eigenvalue weighted by molar-refractivity contribution is 0.220. The third kappa shape index (κ3) is 5.11. The average Bonchev–Trinajstić information content (AvgIpc) is 2.69. The van der Waals surface area contributed by atoms with Crippen molar-refractivity contribution in [3.05, 3.63) is 96.1 Å². The third-order valence-corrected chi connectivity index (χ3v) is 3.96. The SMILES string of the molecule is CN(Cc1ccccc1)C(=O)Nc1ccc(OCc2ccccc2)cc1. The lowest BCUT2D eigenvalue weighted by Crippen LogP contribution is -2.30. The predicted octanol–water partition coefficient (Wildman–Crippen LogP) is 4.93. The molecule has 0 spiro atoms. The minimum atomic E-state index is -0.146. The summed E-state index contributed by atoms with van der Waals surface area (Å²) in [6.07, 6.45) is 0. The molecule has 1 N–H and O–H groups in total. The number of rotatable bonds is 6. The van der Waals surface area contributed by atoms with Crippen LogP contribution in [0, 0.1) is 0 Å². The molecule has 0 bridgehead atoms. The summed E-state index contributed by atoms with van der Waals surface area (Å²) in [7, 11) is 1.78. The zero-order chi connectivity index (χ0) is 18.2. The van der Waals surface area contributed by atoms with Gasteiger partial charge >= 0.3 is 6.03 Å². The summed E-state index contributed by atoms with van der Waals surface area (Å²) in [6.45, 7) is 1.08. The molecule has 0 fully saturated rings. The Morgan fingerprint density at radius 3 is 2.04 bits per heavy atom. The Labute approximate surface area is 154 Å². The highest BCUT2D eigenvalue weighted by Crippen LogP contribution is 2.17. The zero-order valence-corrected chi connectivity index (χ0v) is 14.8. The van der Waals surface area contributed by atoms with E-state index in [9.17, 15) is 4.79 Å². The van der Waals surface area contributed by atoms with Gasteiger partial charge in [0.1, 0.15) is 12.4 Å². The smallest absolute Gasteiger partial charge is 0.321 e. The topological polar surface area (TPSA) is 41.6 Å². The van der Waals surface area contributed by atoms with E-state index in [-0.39, 0.29) is 6.03 Å². The van der Waals surface area contributed by atoms with Crippen molar-refractivity contribution in [2.24, 2.45) is 0 Å². The van der Waals surface area contributed by atoms with Crippen molar-refractivity contribution in [1.29, 1.82) is 0 Å². The molecule has 0 unspecified atom stereocenters. The average molecular weight is 346 g/mol. The second-order valence-electron chi connectivity index (χ2n) is 6.07. The molecule has 3 aromatic rings. The molecule has 3 aromatic carbocycles. The van der Waals surface area contributed by atoms with E-state index in [0.29, 0.717) is 13.2 Å². The van der Waals surface area contributed by atoms with Gasteiger partial charge in [-0.25, -0.2) is 4.79 Å². The number of hydrogen-bond acceptors (Lipinski definition) is 2. The van der Waals surface area contributed by atoms with Crippen molar-refractivity contribution in [2.75, 3.05) is 12.4 Å². The Morgan fingerprint density at radius 1 is 0.846 bits per heavy atom. The number of amides is 2. The molecule has 0 aliphatic carbocycles. The summed E-state index contributed by atoms with van der Waals surface area (Å²) in [5.41, 5.74) is 2.95. The molecule has 132 valence electrons. The summed E-state index contributed by atoms with van der Waals surface area (Å²) < 4.78 is 5.76. The molecular formula is C22H22N2O2. The second kappa shape index (κ2) is 8.72. The molecule has 3 rings (SSSR count). The van der Waals surface area contributed by atoms with Crippen molar-refractivity contribution in [3.8, 4) is 5.75 Å². The van der Waals surface area contributed by atoms with Crippen LogP contribution >= 0.6 is 0 Å². The number of carbonyl (C=O) groups is 1. The van der Waals surface area contributed by atoms with Crippen molar-refractivity contribution in [1.82, 2.24) is 4.90 Å². The van der Waals surface area contributed by atoms with E-state index in [1.165, 1.54) is 0 Å². The van der Waals surface area contributed by atoms with Gasteiger partial charge in [0.2, 0.25) is 0 Å². The van der Waals surface area contributed by atoms with Crippen LogP contribution in [-0.2, 0) is 13.2 Å². The first-order valence-corrected chi connectivity index (χ1v) is 8.53. The number of carbonyl (C=O) groups excluding carboxylic acids is 1. The number of hydrogen-bond donors (Lipinski definition) is 1. The van der Waals surface area contributed by atoms with Gasteiger partial charge in [0, 0.05) is 19.3 Å². The molecule has 0 radical (unpaired) electrons. The molecule has 0 saturated heterocycles. The van der Waals surface area contributed by atoms with E-state index < -0.39 is 0 Å². The van der Waals surface area contributed by atoms with Crippen LogP contribution in [0.5, 0.6) is 5.75 Å². The molecule has 0 saturated carbocycles. The van der Waals surface area contributed by atoms with Crippen LogP contribution in [0.3, 0.4) is 0 Å². The molecule has 2 amide bonds. The number of nitrogens with one attached hydrogen (secondary N) is 1. The van der Waals surface area contributed by atoms with E-state index >= 15 is 0 Å². The summed E-state index contributed by atoms with van der Waals surface area (Å²) in [5, 5.41) is 2.89. The highest BCUT2D eigenvalue weighted by molar-refractivity contribution is 5.89. The van der Waals surface area contributed by atoms with Crippen LogP contribution < -0.4 is 10.1 Å². The van der Waals surface area contributed by atoms with E-state index in [1.807, 2.05) is 84.9 Å². The van der Waals surface area contributed by atoms with Crippen LogP contribution in [0.4, 0.5) is 10.5 Å². The third-order valence-electron chi connectivity index (χ3n) is 3.96. The van der Waals surface area contributed by atoms with Gasteiger partial charge in [0.15, 0.2) is 0 Å². The van der Waals surface area contributed by atoms with Gasteiger partial charge in [-0.2, -0.15) is 0 Å². The van der Waals surface area contributed by atoms with E-state index in [2.05, 4.69) is 5.32 Å². The summed E-state index contributed by atoms with van der Waals surface area (Å²) in [6, 6.07) is 27.2. The van der Waals surface area contributed by atoms with Crippen LogP contribution in [0.2, 0.25) is 0 Å². The van der Waals surface area contributed by atoms with Crippen molar-refractivity contribution >= 4 is 11.7 Å². The Balaban J connectivity index is 1.51. The molecule has 4 nitrogen and oxygen atoms in total. The van der Waals surface area contributed by atoms with Gasteiger partial charge < -0.3 is 15.0 Å². The summed E-state index contributed by atoms with van der Waals surface area (Å²) in [4.78, 5) is 13.9. The molecule has 0 aromatic heterocycles. The maximum atomic E-state index is 12.3. The fourth-order valence-corrected chi connectivity index (χ4v) is 2.52. The lowest BCUT2D eigenvalue weighted by Gasteiger charge is -2.18. The number of nitrogens with zero attached hydrogens (tertiary/aromatic N) is 1. The van der Waals surface area contributed by atoms with Crippen LogP contribution in [0.1, 0.15) is 11.1 Å². The molecular weight excluding hydrogens is 324 g/mol. The van der Waals surface area contributed by atoms with Gasteiger partial charge in [-0.3, -0.25) is 0 Å². The predicted molar refractivity (Wildman–Crippen MR) is 104 cm³/mol. The van der Waals surface area contributed by atoms with Gasteiger partial charge in [-0.1, -0.05) is 60.7 Å². The minimum absolute atomic E-state index is 0.146. The molecule has 26 heavy (non-hydrogen) atoms. The first-order valence-electron chi connectivity index (χ1n) is 8.53. The van der Waals surface area contributed by atoms with Crippen molar-refractivity contribution < 1.29 is 9.53 Å². The van der Waals surface area contributed by atoms with Gasteiger partial charge in [0.05, 0.1) is 0 Å². The van der Waals surface area contributed by atoms with Crippen molar-refractivity contribution in [2.45, 2.75) is 13.2 Å². The Morgan fingerprint density at radius 2 is 1.42 bits per heavy atom. The Bertz CT molecular complexity index is 818. The first-order chi connectivity index (χ1) is 12.7. The number of urea groups is 1. The lowest BCUT2D eigenvalue weighted by atomic mass is 10.2. The molecule has 0 aliphatic heterocycles. The van der Waals surface area contributed by atoms with E-state index in [1.54, 1.807) is 11.9 Å². The fourth-order valence-electron chi connectivity index (χ4n) is 2.52. The zero-order valence-electron chi connectivity index (χ0n) is 14.8. The second-order valence-corrected chi connectivity index (χ2v) is 6.07. The highest BCUT2D eigenvalue weighted by atomic mass is 16.5. The molecule has 0 atom stereocenters.